The second-order valence-electron chi connectivity index (χ2n) is 7.57. The quantitative estimate of drug-likeness (QED) is 0.756. The maximum absolute atomic E-state index is 13.2. The van der Waals surface area contributed by atoms with Crippen molar-refractivity contribution in [2.75, 3.05) is 26.7 Å². The monoisotopic (exact) mass is 399 g/mol. The summed E-state index contributed by atoms with van der Waals surface area (Å²) < 4.78 is 12.5. The molecule has 0 bridgehead atoms. The van der Waals surface area contributed by atoms with E-state index in [0.29, 0.717) is 30.0 Å². The minimum absolute atomic E-state index is 0.142. The Kier molecular flexibility index (Phi) is 6.59. The Hall–Kier alpha value is -2.80. The number of hydrogen-bond donors (Lipinski definition) is 1. The zero-order valence-electron chi connectivity index (χ0n) is 17.5. The van der Waals surface area contributed by atoms with Gasteiger partial charge in [0.15, 0.2) is 0 Å². The van der Waals surface area contributed by atoms with Gasteiger partial charge in [0.1, 0.15) is 17.1 Å². The van der Waals surface area contributed by atoms with Gasteiger partial charge >= 0.3 is 0 Å². The molecule has 156 valence electrons. The number of fused-ring (bicyclic) bond motifs is 1. The first kappa shape index (κ1) is 20.9. The van der Waals surface area contributed by atoms with E-state index in [4.69, 9.17) is 9.15 Å². The summed E-state index contributed by atoms with van der Waals surface area (Å²) in [7, 11) is 1.48. The van der Waals surface area contributed by atoms with Crippen molar-refractivity contribution in [1.82, 2.24) is 14.8 Å². The molecule has 0 spiro atoms. The first-order valence-electron chi connectivity index (χ1n) is 9.91. The zero-order chi connectivity index (χ0) is 21.0. The molecule has 0 saturated carbocycles. The molecule has 7 heteroatoms. The number of amides is 1. The van der Waals surface area contributed by atoms with Crippen molar-refractivity contribution in [3.63, 3.8) is 0 Å². The molecular weight excluding hydrogens is 370 g/mol. The van der Waals surface area contributed by atoms with Crippen LogP contribution in [0.3, 0.4) is 0 Å². The highest BCUT2D eigenvalue weighted by Crippen LogP contribution is 2.24. The van der Waals surface area contributed by atoms with Crippen LogP contribution in [0.4, 0.5) is 0 Å². The molecule has 0 aromatic carbocycles. The predicted molar refractivity (Wildman–Crippen MR) is 111 cm³/mol. The van der Waals surface area contributed by atoms with E-state index in [9.17, 15) is 9.59 Å². The van der Waals surface area contributed by atoms with Crippen LogP contribution in [0, 0.1) is 0 Å². The molecule has 1 N–H and O–H groups in total. The van der Waals surface area contributed by atoms with Gasteiger partial charge in [-0.05, 0) is 32.9 Å². The Morgan fingerprint density at radius 1 is 1.34 bits per heavy atom. The maximum Gasteiger partial charge on any atom is 0.257 e. The number of ether oxygens (including phenoxy) is 1. The van der Waals surface area contributed by atoms with Crippen LogP contribution >= 0.6 is 0 Å². The van der Waals surface area contributed by atoms with Gasteiger partial charge in [-0.25, -0.2) is 0 Å². The van der Waals surface area contributed by atoms with Crippen LogP contribution in [0.25, 0.3) is 0 Å². The molecule has 1 amide bonds. The number of hydrogen-bond acceptors (Lipinski definition) is 5. The zero-order valence-corrected chi connectivity index (χ0v) is 17.5. The molecule has 1 aliphatic heterocycles. The number of nitrogens with one attached hydrogen (secondary N) is 1. The van der Waals surface area contributed by atoms with Gasteiger partial charge in [-0.1, -0.05) is 11.6 Å². The molecule has 0 fully saturated rings. The van der Waals surface area contributed by atoms with E-state index in [2.05, 4.69) is 30.1 Å². The lowest BCUT2D eigenvalue weighted by molar-refractivity contribution is 0.0930. The van der Waals surface area contributed by atoms with Gasteiger partial charge in [-0.3, -0.25) is 14.5 Å². The van der Waals surface area contributed by atoms with Crippen molar-refractivity contribution in [3.8, 4) is 5.75 Å². The van der Waals surface area contributed by atoms with Crippen LogP contribution in [0.5, 0.6) is 5.75 Å². The summed E-state index contributed by atoms with van der Waals surface area (Å²) in [4.78, 5) is 28.1. The van der Waals surface area contributed by atoms with Crippen LogP contribution in [0.1, 0.15) is 48.6 Å². The summed E-state index contributed by atoms with van der Waals surface area (Å²) in [6, 6.07) is 4.71. The van der Waals surface area contributed by atoms with Gasteiger partial charge in [0.05, 0.1) is 19.4 Å². The van der Waals surface area contributed by atoms with Crippen LogP contribution in [0.15, 0.2) is 45.3 Å². The summed E-state index contributed by atoms with van der Waals surface area (Å²) >= 11 is 0. The first-order chi connectivity index (χ1) is 13.9. The molecule has 0 radical (unpaired) electrons. The summed E-state index contributed by atoms with van der Waals surface area (Å²) in [6.07, 6.45) is 4.35. The second kappa shape index (κ2) is 9.13. The van der Waals surface area contributed by atoms with E-state index in [1.54, 1.807) is 16.9 Å². The lowest BCUT2D eigenvalue weighted by atomic mass is 10.1. The smallest absolute Gasteiger partial charge is 0.257 e. The van der Waals surface area contributed by atoms with Crippen molar-refractivity contribution < 1.29 is 13.9 Å². The first-order valence-corrected chi connectivity index (χ1v) is 9.91. The van der Waals surface area contributed by atoms with Gasteiger partial charge < -0.3 is 19.0 Å². The van der Waals surface area contributed by atoms with Crippen molar-refractivity contribution in [3.05, 3.63) is 63.5 Å². The number of pyridine rings is 1. The fourth-order valence-corrected chi connectivity index (χ4v) is 3.57. The summed E-state index contributed by atoms with van der Waals surface area (Å²) in [6.45, 7) is 8.91. The summed E-state index contributed by atoms with van der Waals surface area (Å²) in [5.74, 6) is 0.708. The number of carbonyl (C=O) groups excluding carboxylic acids is 1. The third kappa shape index (κ3) is 4.79. The standard InChI is InChI=1S/C22H29N3O4/c1-15(2)7-9-24-10-8-17-21(19(28-4)14-20(26)25(17)12-11-24)22(27)23-16(3)18-6-5-13-29-18/h5-7,13-14,16H,8-12H2,1-4H3,(H,23,27). The van der Waals surface area contributed by atoms with Gasteiger partial charge in [-0.15, -0.1) is 0 Å². The Labute approximate surface area is 171 Å². The van der Waals surface area contributed by atoms with E-state index in [-0.39, 0.29) is 17.5 Å². The second-order valence-corrected chi connectivity index (χ2v) is 7.57. The Morgan fingerprint density at radius 3 is 2.79 bits per heavy atom. The molecule has 2 aromatic heterocycles. The van der Waals surface area contributed by atoms with E-state index in [1.807, 2.05) is 13.0 Å². The minimum atomic E-state index is -0.297. The number of furan rings is 1. The van der Waals surface area contributed by atoms with Crippen molar-refractivity contribution in [1.29, 1.82) is 0 Å². The topological polar surface area (TPSA) is 76.7 Å². The number of carbonyl (C=O) groups is 1. The van der Waals surface area contributed by atoms with Gasteiger partial charge in [0.2, 0.25) is 0 Å². The van der Waals surface area contributed by atoms with Crippen LogP contribution in [-0.4, -0.2) is 42.1 Å². The molecule has 3 heterocycles. The van der Waals surface area contributed by atoms with E-state index >= 15 is 0 Å². The number of aromatic nitrogens is 1. The number of nitrogens with zero attached hydrogens (tertiary/aromatic N) is 2. The fourth-order valence-electron chi connectivity index (χ4n) is 3.57. The molecule has 3 rings (SSSR count). The highest BCUT2D eigenvalue weighted by atomic mass is 16.5. The summed E-state index contributed by atoms with van der Waals surface area (Å²) in [5, 5.41) is 2.96. The average Bonchev–Trinajstić information content (AvgIpc) is 3.14. The lowest BCUT2D eigenvalue weighted by Crippen LogP contribution is -2.32. The number of allylic oxidation sites excluding steroid dienone is 1. The summed E-state index contributed by atoms with van der Waals surface area (Å²) in [5.41, 5.74) is 2.27. The van der Waals surface area contributed by atoms with Crippen molar-refractivity contribution in [2.45, 2.75) is 39.8 Å². The normalized spacial score (nSPS) is 15.2. The number of methoxy groups -OCH3 is 1. The average molecular weight is 399 g/mol. The predicted octanol–water partition coefficient (Wildman–Crippen LogP) is 2.77. The van der Waals surface area contributed by atoms with E-state index in [0.717, 1.165) is 25.3 Å². The molecule has 2 aromatic rings. The van der Waals surface area contributed by atoms with Crippen molar-refractivity contribution in [2.24, 2.45) is 0 Å². The van der Waals surface area contributed by atoms with Gasteiger partial charge in [0, 0.05) is 44.4 Å². The molecule has 0 saturated heterocycles. The largest absolute Gasteiger partial charge is 0.496 e. The molecule has 1 aliphatic rings. The highest BCUT2D eigenvalue weighted by Gasteiger charge is 2.26. The number of rotatable bonds is 6. The fraction of sp³-hybridized carbons (Fsp3) is 0.455. The third-order valence-electron chi connectivity index (χ3n) is 5.21. The Morgan fingerprint density at radius 2 is 2.14 bits per heavy atom. The van der Waals surface area contributed by atoms with Crippen LogP contribution in [-0.2, 0) is 13.0 Å². The Bertz CT molecular complexity index is 940. The SMILES string of the molecule is COc1cc(=O)n2c(c1C(=O)NC(C)c1ccco1)CCN(CC=C(C)C)CC2. The molecular formula is C22H29N3O4. The maximum atomic E-state index is 13.2. The molecule has 1 unspecified atom stereocenters. The van der Waals surface area contributed by atoms with Crippen molar-refractivity contribution >= 4 is 5.91 Å². The Balaban J connectivity index is 1.91. The highest BCUT2D eigenvalue weighted by molar-refractivity contribution is 5.98. The molecule has 1 atom stereocenters. The minimum Gasteiger partial charge on any atom is -0.496 e. The van der Waals surface area contributed by atoms with E-state index in [1.165, 1.54) is 18.7 Å². The molecule has 0 aliphatic carbocycles. The molecule has 7 nitrogen and oxygen atoms in total. The van der Waals surface area contributed by atoms with Crippen LogP contribution in [0.2, 0.25) is 0 Å². The lowest BCUT2D eigenvalue weighted by Gasteiger charge is -2.19. The third-order valence-corrected chi connectivity index (χ3v) is 5.21. The van der Waals surface area contributed by atoms with Crippen LogP contribution < -0.4 is 15.6 Å². The van der Waals surface area contributed by atoms with E-state index < -0.39 is 0 Å². The molecule has 29 heavy (non-hydrogen) atoms. The van der Waals surface area contributed by atoms with Gasteiger partial charge in [0.25, 0.3) is 11.5 Å². The van der Waals surface area contributed by atoms with Gasteiger partial charge in [-0.2, -0.15) is 0 Å².